The van der Waals surface area contributed by atoms with E-state index >= 15 is 0 Å². The van der Waals surface area contributed by atoms with Crippen molar-refractivity contribution in [2.75, 3.05) is 13.1 Å². The second kappa shape index (κ2) is 6.12. The summed E-state index contributed by atoms with van der Waals surface area (Å²) >= 11 is 12.4. The molecular formula is C14H16Cl2N4. The molecule has 0 radical (unpaired) electrons. The summed E-state index contributed by atoms with van der Waals surface area (Å²) in [6.07, 6.45) is 2.88. The highest BCUT2D eigenvalue weighted by Crippen LogP contribution is 2.26. The molecule has 1 saturated heterocycles. The standard InChI is InChI=1S/C14H16Cl2N4/c15-11-4-1-5-12(16)10(11)7-13-18-14(20-19-13)9-3-2-6-17-8-9/h1,4-5,9,17H,2-3,6-8H2,(H,18,19,20). The molecular weight excluding hydrogens is 295 g/mol. The largest absolute Gasteiger partial charge is 0.316 e. The minimum atomic E-state index is 0.399. The number of nitrogens with one attached hydrogen (secondary N) is 2. The van der Waals surface area contributed by atoms with Crippen LogP contribution in [0.15, 0.2) is 18.2 Å². The number of benzene rings is 1. The van der Waals surface area contributed by atoms with Crippen molar-refractivity contribution in [2.24, 2.45) is 0 Å². The van der Waals surface area contributed by atoms with Gasteiger partial charge in [0.15, 0.2) is 5.82 Å². The molecule has 1 aromatic heterocycles. The highest BCUT2D eigenvalue weighted by Gasteiger charge is 2.19. The molecule has 1 aliphatic rings. The molecule has 0 spiro atoms. The fourth-order valence-electron chi connectivity index (χ4n) is 2.51. The van der Waals surface area contributed by atoms with Crippen LogP contribution in [0.2, 0.25) is 10.0 Å². The first kappa shape index (κ1) is 13.9. The van der Waals surface area contributed by atoms with Crippen LogP contribution in [0.4, 0.5) is 0 Å². The maximum absolute atomic E-state index is 6.18. The first-order valence-electron chi connectivity index (χ1n) is 6.79. The topological polar surface area (TPSA) is 53.6 Å². The van der Waals surface area contributed by atoms with Crippen LogP contribution in [0.1, 0.15) is 36.0 Å². The van der Waals surface area contributed by atoms with Crippen molar-refractivity contribution in [3.05, 3.63) is 45.5 Å². The van der Waals surface area contributed by atoms with Gasteiger partial charge in [0.1, 0.15) is 5.82 Å². The Morgan fingerprint density at radius 3 is 2.75 bits per heavy atom. The molecule has 6 heteroatoms. The third-order valence-electron chi connectivity index (χ3n) is 3.62. The van der Waals surface area contributed by atoms with Crippen LogP contribution in [-0.4, -0.2) is 28.3 Å². The molecule has 1 unspecified atom stereocenters. The van der Waals surface area contributed by atoms with E-state index in [9.17, 15) is 0 Å². The Balaban J connectivity index is 1.77. The molecule has 1 fully saturated rings. The molecule has 2 N–H and O–H groups in total. The lowest BCUT2D eigenvalue weighted by atomic mass is 9.99. The van der Waals surface area contributed by atoms with Crippen molar-refractivity contribution in [1.29, 1.82) is 0 Å². The van der Waals surface area contributed by atoms with Gasteiger partial charge in [-0.05, 0) is 37.1 Å². The number of hydrogen-bond donors (Lipinski definition) is 2. The highest BCUT2D eigenvalue weighted by molar-refractivity contribution is 6.36. The first-order chi connectivity index (χ1) is 9.74. The third kappa shape index (κ3) is 2.97. The van der Waals surface area contributed by atoms with E-state index in [0.29, 0.717) is 22.4 Å². The average Bonchev–Trinajstić information content (AvgIpc) is 2.93. The molecule has 106 valence electrons. The fourth-order valence-corrected chi connectivity index (χ4v) is 3.04. The first-order valence-corrected chi connectivity index (χ1v) is 7.54. The zero-order chi connectivity index (χ0) is 13.9. The van der Waals surface area contributed by atoms with Gasteiger partial charge >= 0.3 is 0 Å². The summed E-state index contributed by atoms with van der Waals surface area (Å²) in [5.41, 5.74) is 0.889. The molecule has 0 aliphatic carbocycles. The summed E-state index contributed by atoms with van der Waals surface area (Å²) in [4.78, 5) is 4.59. The smallest absolute Gasteiger partial charge is 0.155 e. The van der Waals surface area contributed by atoms with Crippen molar-refractivity contribution in [3.8, 4) is 0 Å². The number of piperidine rings is 1. The number of aromatic nitrogens is 3. The Labute approximate surface area is 127 Å². The quantitative estimate of drug-likeness (QED) is 0.915. The third-order valence-corrected chi connectivity index (χ3v) is 4.33. The van der Waals surface area contributed by atoms with Gasteiger partial charge in [-0.15, -0.1) is 0 Å². The summed E-state index contributed by atoms with van der Waals surface area (Å²) in [6.45, 7) is 2.03. The lowest BCUT2D eigenvalue weighted by molar-refractivity contribution is 0.447. The summed E-state index contributed by atoms with van der Waals surface area (Å²) in [5, 5.41) is 12.0. The Morgan fingerprint density at radius 1 is 1.25 bits per heavy atom. The predicted octanol–water partition coefficient (Wildman–Crippen LogP) is 3.17. The summed E-state index contributed by atoms with van der Waals surface area (Å²) in [6, 6.07) is 5.52. The minimum absolute atomic E-state index is 0.399. The number of halogens is 2. The van der Waals surface area contributed by atoms with Gasteiger partial charge < -0.3 is 5.32 Å². The second-order valence-electron chi connectivity index (χ2n) is 5.06. The summed E-state index contributed by atoms with van der Waals surface area (Å²) in [5.74, 6) is 2.09. The molecule has 0 bridgehead atoms. The molecule has 3 rings (SSSR count). The molecule has 1 aliphatic heterocycles. The second-order valence-corrected chi connectivity index (χ2v) is 5.87. The number of hydrogen-bond acceptors (Lipinski definition) is 3. The monoisotopic (exact) mass is 310 g/mol. The van der Waals surface area contributed by atoms with E-state index in [1.807, 2.05) is 18.2 Å². The van der Waals surface area contributed by atoms with Gasteiger partial charge in [-0.1, -0.05) is 29.3 Å². The van der Waals surface area contributed by atoms with Gasteiger partial charge in [0.25, 0.3) is 0 Å². The maximum atomic E-state index is 6.18. The van der Waals surface area contributed by atoms with Crippen LogP contribution in [0, 0.1) is 0 Å². The van der Waals surface area contributed by atoms with Crippen molar-refractivity contribution < 1.29 is 0 Å². The van der Waals surface area contributed by atoms with Crippen LogP contribution in [0.3, 0.4) is 0 Å². The van der Waals surface area contributed by atoms with Gasteiger partial charge in [0.05, 0.1) is 0 Å². The lowest BCUT2D eigenvalue weighted by Gasteiger charge is -2.19. The fraction of sp³-hybridized carbons (Fsp3) is 0.429. The van der Waals surface area contributed by atoms with E-state index < -0.39 is 0 Å². The van der Waals surface area contributed by atoms with Crippen molar-refractivity contribution in [3.63, 3.8) is 0 Å². The Morgan fingerprint density at radius 2 is 2.05 bits per heavy atom. The molecule has 1 atom stereocenters. The lowest BCUT2D eigenvalue weighted by Crippen LogP contribution is -2.28. The SMILES string of the molecule is Clc1cccc(Cl)c1Cc1nc(C2CCCNC2)n[nH]1. The van der Waals surface area contributed by atoms with Crippen LogP contribution in [-0.2, 0) is 6.42 Å². The Bertz CT molecular complexity index is 570. The normalized spacial score (nSPS) is 19.2. The van der Waals surface area contributed by atoms with Crippen molar-refractivity contribution in [2.45, 2.75) is 25.2 Å². The molecule has 0 saturated carbocycles. The Hall–Kier alpha value is -1.10. The minimum Gasteiger partial charge on any atom is -0.316 e. The van der Waals surface area contributed by atoms with Crippen LogP contribution >= 0.6 is 23.2 Å². The van der Waals surface area contributed by atoms with Crippen molar-refractivity contribution >= 4 is 23.2 Å². The number of aromatic amines is 1. The van der Waals surface area contributed by atoms with Crippen LogP contribution in [0.5, 0.6) is 0 Å². The highest BCUT2D eigenvalue weighted by atomic mass is 35.5. The van der Waals surface area contributed by atoms with Gasteiger partial charge in [-0.25, -0.2) is 4.98 Å². The zero-order valence-electron chi connectivity index (χ0n) is 11.0. The molecule has 1 aromatic carbocycles. The van der Waals surface area contributed by atoms with Gasteiger partial charge in [-0.3, -0.25) is 5.10 Å². The molecule has 20 heavy (non-hydrogen) atoms. The van der Waals surface area contributed by atoms with E-state index in [-0.39, 0.29) is 0 Å². The average molecular weight is 311 g/mol. The Kier molecular flexibility index (Phi) is 4.24. The van der Waals surface area contributed by atoms with Gasteiger partial charge in [0.2, 0.25) is 0 Å². The predicted molar refractivity (Wildman–Crippen MR) is 80.5 cm³/mol. The van der Waals surface area contributed by atoms with Crippen LogP contribution in [0.25, 0.3) is 0 Å². The molecule has 0 amide bonds. The maximum Gasteiger partial charge on any atom is 0.155 e. The molecule has 2 heterocycles. The zero-order valence-corrected chi connectivity index (χ0v) is 12.5. The molecule has 4 nitrogen and oxygen atoms in total. The summed E-state index contributed by atoms with van der Waals surface area (Å²) in [7, 11) is 0. The van der Waals surface area contributed by atoms with Gasteiger partial charge in [0, 0.05) is 28.9 Å². The van der Waals surface area contributed by atoms with E-state index in [1.54, 1.807) is 0 Å². The number of rotatable bonds is 3. The van der Waals surface area contributed by atoms with E-state index in [1.165, 1.54) is 6.42 Å². The van der Waals surface area contributed by atoms with Crippen molar-refractivity contribution in [1.82, 2.24) is 20.5 Å². The van der Waals surface area contributed by atoms with E-state index in [4.69, 9.17) is 23.2 Å². The number of nitrogens with zero attached hydrogens (tertiary/aromatic N) is 2. The van der Waals surface area contributed by atoms with E-state index in [2.05, 4.69) is 20.5 Å². The van der Waals surface area contributed by atoms with E-state index in [0.717, 1.165) is 36.7 Å². The number of H-pyrrole nitrogens is 1. The van der Waals surface area contributed by atoms with Gasteiger partial charge in [-0.2, -0.15) is 5.10 Å². The summed E-state index contributed by atoms with van der Waals surface area (Å²) < 4.78 is 0. The van der Waals surface area contributed by atoms with Crippen LogP contribution < -0.4 is 5.32 Å². The molecule has 2 aromatic rings.